The molecule has 1 amide bonds. The van der Waals surface area contributed by atoms with Crippen LogP contribution in [0.3, 0.4) is 0 Å². The molecule has 1 aromatic rings. The Hall–Kier alpha value is -0.870. The molecular formula is C13H18BrNO2. The van der Waals surface area contributed by atoms with Gasteiger partial charge in [0.1, 0.15) is 0 Å². The van der Waals surface area contributed by atoms with E-state index in [2.05, 4.69) is 21.2 Å². The second-order valence-corrected chi connectivity index (χ2v) is 4.43. The Kier molecular flexibility index (Phi) is 7.67. The highest BCUT2D eigenvalue weighted by atomic mass is 79.9. The highest BCUT2D eigenvalue weighted by Crippen LogP contribution is 2.01. The van der Waals surface area contributed by atoms with Crippen molar-refractivity contribution in [3.63, 3.8) is 0 Å². The molecule has 1 N–H and O–H groups in total. The molecule has 17 heavy (non-hydrogen) atoms. The van der Waals surface area contributed by atoms with E-state index in [0.717, 1.165) is 11.8 Å². The minimum absolute atomic E-state index is 0.0799. The lowest BCUT2D eigenvalue weighted by Gasteiger charge is -2.05. The van der Waals surface area contributed by atoms with Gasteiger partial charge in [-0.3, -0.25) is 4.79 Å². The monoisotopic (exact) mass is 299 g/mol. The molecule has 1 rings (SSSR count). The maximum Gasteiger partial charge on any atom is 0.220 e. The third-order valence-corrected chi connectivity index (χ3v) is 2.60. The molecule has 4 heteroatoms. The van der Waals surface area contributed by atoms with Crippen LogP contribution in [0.25, 0.3) is 0 Å². The van der Waals surface area contributed by atoms with Crippen molar-refractivity contribution in [1.29, 1.82) is 0 Å². The van der Waals surface area contributed by atoms with Crippen molar-refractivity contribution in [2.75, 3.05) is 25.1 Å². The third kappa shape index (κ3) is 7.13. The molecule has 0 unspecified atom stereocenters. The predicted molar refractivity (Wildman–Crippen MR) is 72.4 cm³/mol. The lowest BCUT2D eigenvalue weighted by Crippen LogP contribution is -2.27. The molecule has 0 aliphatic carbocycles. The summed E-state index contributed by atoms with van der Waals surface area (Å²) in [5, 5.41) is 3.66. The average molecular weight is 300 g/mol. The summed E-state index contributed by atoms with van der Waals surface area (Å²) in [5.74, 6) is 0.0799. The molecule has 0 atom stereocenters. The fraction of sp³-hybridized carbons (Fsp3) is 0.462. The van der Waals surface area contributed by atoms with E-state index in [4.69, 9.17) is 4.74 Å². The number of carbonyl (C=O) groups excluding carboxylic acids is 1. The topological polar surface area (TPSA) is 38.3 Å². The van der Waals surface area contributed by atoms with Crippen molar-refractivity contribution in [3.05, 3.63) is 35.9 Å². The predicted octanol–water partition coefficient (Wildman–Crippen LogP) is 2.15. The first kappa shape index (κ1) is 14.2. The van der Waals surface area contributed by atoms with Gasteiger partial charge in [0.15, 0.2) is 0 Å². The molecule has 0 spiro atoms. The van der Waals surface area contributed by atoms with Gasteiger partial charge in [0.25, 0.3) is 0 Å². The van der Waals surface area contributed by atoms with Crippen molar-refractivity contribution in [2.45, 2.75) is 12.8 Å². The van der Waals surface area contributed by atoms with E-state index >= 15 is 0 Å². The smallest absolute Gasteiger partial charge is 0.220 e. The Morgan fingerprint density at radius 1 is 1.24 bits per heavy atom. The number of benzene rings is 1. The van der Waals surface area contributed by atoms with Gasteiger partial charge in [0, 0.05) is 18.3 Å². The number of nitrogens with one attached hydrogen (secondary N) is 1. The van der Waals surface area contributed by atoms with Crippen LogP contribution in [-0.2, 0) is 16.0 Å². The number of rotatable bonds is 8. The van der Waals surface area contributed by atoms with Gasteiger partial charge in [-0.1, -0.05) is 46.3 Å². The largest absolute Gasteiger partial charge is 0.379 e. The number of ether oxygens (including phenoxy) is 1. The van der Waals surface area contributed by atoms with Crippen LogP contribution in [-0.4, -0.2) is 31.0 Å². The Bertz CT molecular complexity index is 316. The van der Waals surface area contributed by atoms with Gasteiger partial charge in [-0.05, 0) is 12.0 Å². The van der Waals surface area contributed by atoms with Crippen LogP contribution in [0.4, 0.5) is 0 Å². The Labute approximate surface area is 111 Å². The van der Waals surface area contributed by atoms with Crippen LogP contribution in [0.15, 0.2) is 30.3 Å². The summed E-state index contributed by atoms with van der Waals surface area (Å²) < 4.78 is 5.23. The molecule has 0 radical (unpaired) electrons. The third-order valence-electron chi connectivity index (χ3n) is 2.27. The van der Waals surface area contributed by atoms with Crippen molar-refractivity contribution >= 4 is 21.8 Å². The maximum absolute atomic E-state index is 11.5. The summed E-state index contributed by atoms with van der Waals surface area (Å²) in [4.78, 5) is 11.5. The standard InChI is InChI=1S/C13H18BrNO2/c14-8-10-17-11-9-15-13(16)7-6-12-4-2-1-3-5-12/h1-5H,6-11H2,(H,15,16). The van der Waals surface area contributed by atoms with Crippen LogP contribution in [0.1, 0.15) is 12.0 Å². The first-order valence-corrected chi connectivity index (χ1v) is 6.89. The lowest BCUT2D eigenvalue weighted by molar-refractivity contribution is -0.121. The molecule has 0 fully saturated rings. The van der Waals surface area contributed by atoms with Gasteiger partial charge in [-0.2, -0.15) is 0 Å². The summed E-state index contributed by atoms with van der Waals surface area (Å²) in [6.45, 7) is 1.84. The summed E-state index contributed by atoms with van der Waals surface area (Å²) in [7, 11) is 0. The zero-order chi connectivity index (χ0) is 12.3. The number of aryl methyl sites for hydroxylation is 1. The molecule has 0 saturated carbocycles. The molecule has 0 bridgehead atoms. The molecule has 0 aromatic heterocycles. The molecular weight excluding hydrogens is 282 g/mol. The van der Waals surface area contributed by atoms with Crippen LogP contribution in [0, 0.1) is 0 Å². The zero-order valence-electron chi connectivity index (χ0n) is 9.82. The fourth-order valence-corrected chi connectivity index (χ4v) is 1.64. The zero-order valence-corrected chi connectivity index (χ0v) is 11.4. The van der Waals surface area contributed by atoms with Gasteiger partial charge in [0.05, 0.1) is 13.2 Å². The lowest BCUT2D eigenvalue weighted by atomic mass is 10.1. The summed E-state index contributed by atoms with van der Waals surface area (Å²) in [6.07, 6.45) is 1.32. The number of halogens is 1. The Balaban J connectivity index is 2.05. The van der Waals surface area contributed by atoms with Gasteiger partial charge in [0.2, 0.25) is 5.91 Å². The first-order valence-electron chi connectivity index (χ1n) is 5.77. The number of amides is 1. The Morgan fingerprint density at radius 3 is 2.71 bits per heavy atom. The molecule has 0 heterocycles. The quantitative estimate of drug-likeness (QED) is 0.590. The highest BCUT2D eigenvalue weighted by molar-refractivity contribution is 9.09. The second-order valence-electron chi connectivity index (χ2n) is 3.64. The minimum Gasteiger partial charge on any atom is -0.379 e. The maximum atomic E-state index is 11.5. The van der Waals surface area contributed by atoms with Crippen LogP contribution in [0.2, 0.25) is 0 Å². The van der Waals surface area contributed by atoms with Gasteiger partial charge < -0.3 is 10.1 Å². The molecule has 0 aliphatic heterocycles. The summed E-state index contributed by atoms with van der Waals surface area (Å²) in [5.41, 5.74) is 1.19. The van der Waals surface area contributed by atoms with Gasteiger partial charge in [-0.15, -0.1) is 0 Å². The first-order chi connectivity index (χ1) is 8.33. The van der Waals surface area contributed by atoms with E-state index < -0.39 is 0 Å². The molecule has 94 valence electrons. The minimum atomic E-state index is 0.0799. The number of alkyl halides is 1. The fourth-order valence-electron chi connectivity index (χ4n) is 1.41. The highest BCUT2D eigenvalue weighted by Gasteiger charge is 2.01. The number of hydrogen-bond acceptors (Lipinski definition) is 2. The summed E-state index contributed by atoms with van der Waals surface area (Å²) >= 11 is 3.27. The number of hydrogen-bond donors (Lipinski definition) is 1. The van der Waals surface area contributed by atoms with Gasteiger partial charge >= 0.3 is 0 Å². The second kappa shape index (κ2) is 9.19. The molecule has 0 saturated heterocycles. The van der Waals surface area contributed by atoms with E-state index in [-0.39, 0.29) is 5.91 Å². The SMILES string of the molecule is O=C(CCc1ccccc1)NCCOCCBr. The molecule has 0 aliphatic rings. The Morgan fingerprint density at radius 2 is 2.00 bits per heavy atom. The van der Waals surface area contributed by atoms with E-state index in [0.29, 0.717) is 26.2 Å². The summed E-state index contributed by atoms with van der Waals surface area (Å²) in [6, 6.07) is 10.0. The van der Waals surface area contributed by atoms with E-state index in [1.54, 1.807) is 0 Å². The van der Waals surface area contributed by atoms with Crippen LogP contribution < -0.4 is 5.32 Å². The van der Waals surface area contributed by atoms with E-state index in [1.165, 1.54) is 5.56 Å². The van der Waals surface area contributed by atoms with Crippen molar-refractivity contribution in [1.82, 2.24) is 5.32 Å². The van der Waals surface area contributed by atoms with Crippen LogP contribution in [0.5, 0.6) is 0 Å². The van der Waals surface area contributed by atoms with Crippen LogP contribution >= 0.6 is 15.9 Å². The van der Waals surface area contributed by atoms with Crippen molar-refractivity contribution in [2.24, 2.45) is 0 Å². The van der Waals surface area contributed by atoms with Crippen molar-refractivity contribution in [3.8, 4) is 0 Å². The van der Waals surface area contributed by atoms with E-state index in [1.807, 2.05) is 30.3 Å². The normalized spacial score (nSPS) is 10.2. The molecule has 3 nitrogen and oxygen atoms in total. The average Bonchev–Trinajstić information content (AvgIpc) is 2.37. The van der Waals surface area contributed by atoms with Crippen molar-refractivity contribution < 1.29 is 9.53 Å². The molecule has 1 aromatic carbocycles. The number of carbonyl (C=O) groups is 1. The van der Waals surface area contributed by atoms with E-state index in [9.17, 15) is 4.79 Å². The van der Waals surface area contributed by atoms with Gasteiger partial charge in [-0.25, -0.2) is 0 Å².